The van der Waals surface area contributed by atoms with Crippen molar-refractivity contribution in [1.29, 1.82) is 0 Å². The van der Waals surface area contributed by atoms with E-state index in [-0.39, 0.29) is 6.10 Å². The normalized spacial score (nSPS) is 24.3. The Labute approximate surface area is 91.5 Å². The van der Waals surface area contributed by atoms with E-state index in [2.05, 4.69) is 29.2 Å². The molecule has 0 aliphatic carbocycles. The zero-order valence-corrected chi connectivity index (χ0v) is 9.26. The lowest BCUT2D eigenvalue weighted by Crippen LogP contribution is -2.23. The van der Waals surface area contributed by atoms with Gasteiger partial charge in [0.2, 0.25) is 0 Å². The highest BCUT2D eigenvalue weighted by atomic mass is 16.3. The average molecular weight is 205 g/mol. The van der Waals surface area contributed by atoms with Gasteiger partial charge in [-0.25, -0.2) is 0 Å². The number of aliphatic hydroxyl groups is 1. The molecule has 0 radical (unpaired) electrons. The molecule has 1 aromatic rings. The van der Waals surface area contributed by atoms with Gasteiger partial charge in [0.25, 0.3) is 0 Å². The van der Waals surface area contributed by atoms with Crippen molar-refractivity contribution >= 4 is 0 Å². The van der Waals surface area contributed by atoms with E-state index >= 15 is 0 Å². The number of hydrogen-bond acceptors (Lipinski definition) is 2. The lowest BCUT2D eigenvalue weighted by molar-refractivity contribution is 0.127. The summed E-state index contributed by atoms with van der Waals surface area (Å²) in [5.41, 5.74) is 1.36. The Balaban J connectivity index is 1.88. The standard InChI is InChI=1S/C13H19NO/c1-11(15)13-7-8-14(10-13)9-12-5-3-2-4-6-12/h2-6,11,13,15H,7-10H2,1H3/t11?,13-/m1/s1. The van der Waals surface area contributed by atoms with Crippen LogP contribution in [0.1, 0.15) is 18.9 Å². The highest BCUT2D eigenvalue weighted by Crippen LogP contribution is 2.21. The van der Waals surface area contributed by atoms with Crippen molar-refractivity contribution in [2.45, 2.75) is 26.0 Å². The summed E-state index contributed by atoms with van der Waals surface area (Å²) in [6, 6.07) is 10.5. The predicted octanol–water partition coefficient (Wildman–Crippen LogP) is 1.89. The Morgan fingerprint density at radius 3 is 2.73 bits per heavy atom. The summed E-state index contributed by atoms with van der Waals surface area (Å²) in [7, 11) is 0. The fourth-order valence-electron chi connectivity index (χ4n) is 2.24. The number of aliphatic hydroxyl groups excluding tert-OH is 1. The van der Waals surface area contributed by atoms with E-state index in [4.69, 9.17) is 0 Å². The number of rotatable bonds is 3. The van der Waals surface area contributed by atoms with E-state index in [1.165, 1.54) is 5.56 Å². The van der Waals surface area contributed by atoms with Crippen molar-refractivity contribution in [3.8, 4) is 0 Å². The van der Waals surface area contributed by atoms with Crippen molar-refractivity contribution in [3.63, 3.8) is 0 Å². The van der Waals surface area contributed by atoms with Gasteiger partial charge in [-0.3, -0.25) is 4.90 Å². The smallest absolute Gasteiger partial charge is 0.0552 e. The van der Waals surface area contributed by atoms with Gasteiger partial charge in [0.1, 0.15) is 0 Å². The van der Waals surface area contributed by atoms with Crippen LogP contribution in [0.2, 0.25) is 0 Å². The van der Waals surface area contributed by atoms with Gasteiger partial charge in [-0.1, -0.05) is 30.3 Å². The average Bonchev–Trinajstić information content (AvgIpc) is 2.68. The molecule has 0 aromatic heterocycles. The molecule has 2 nitrogen and oxygen atoms in total. The summed E-state index contributed by atoms with van der Waals surface area (Å²) >= 11 is 0. The molecule has 0 saturated carbocycles. The summed E-state index contributed by atoms with van der Waals surface area (Å²) in [6.07, 6.45) is 0.968. The maximum atomic E-state index is 9.51. The van der Waals surface area contributed by atoms with Gasteiger partial charge in [-0.15, -0.1) is 0 Å². The van der Waals surface area contributed by atoms with Gasteiger partial charge in [0.15, 0.2) is 0 Å². The van der Waals surface area contributed by atoms with Crippen molar-refractivity contribution in [2.75, 3.05) is 13.1 Å². The second-order valence-electron chi connectivity index (χ2n) is 4.51. The quantitative estimate of drug-likeness (QED) is 0.814. The maximum Gasteiger partial charge on any atom is 0.0552 e. The van der Waals surface area contributed by atoms with Gasteiger partial charge in [0, 0.05) is 13.1 Å². The molecular formula is C13H19NO. The summed E-state index contributed by atoms with van der Waals surface area (Å²) < 4.78 is 0. The molecule has 2 heteroatoms. The molecule has 1 saturated heterocycles. The molecule has 1 aromatic carbocycles. The predicted molar refractivity (Wildman–Crippen MR) is 61.5 cm³/mol. The molecule has 1 heterocycles. The molecular weight excluding hydrogens is 186 g/mol. The number of benzene rings is 1. The monoisotopic (exact) mass is 205 g/mol. The first kappa shape index (κ1) is 10.7. The second-order valence-corrected chi connectivity index (χ2v) is 4.51. The minimum Gasteiger partial charge on any atom is -0.393 e. The molecule has 1 fully saturated rings. The molecule has 2 atom stereocenters. The van der Waals surface area contributed by atoms with Crippen molar-refractivity contribution in [3.05, 3.63) is 35.9 Å². The van der Waals surface area contributed by atoms with Crippen molar-refractivity contribution in [2.24, 2.45) is 5.92 Å². The molecule has 1 aliphatic rings. The van der Waals surface area contributed by atoms with Crippen LogP contribution in [0, 0.1) is 5.92 Å². The minimum absolute atomic E-state index is 0.161. The Bertz CT molecular complexity index is 297. The van der Waals surface area contributed by atoms with Gasteiger partial charge < -0.3 is 5.11 Å². The second kappa shape index (κ2) is 4.77. The van der Waals surface area contributed by atoms with Gasteiger partial charge in [0.05, 0.1) is 6.10 Å². The first-order valence-corrected chi connectivity index (χ1v) is 5.70. The number of hydrogen-bond donors (Lipinski definition) is 1. The lowest BCUT2D eigenvalue weighted by atomic mass is 10.0. The summed E-state index contributed by atoms with van der Waals surface area (Å²) in [5.74, 6) is 0.466. The van der Waals surface area contributed by atoms with Gasteiger partial charge in [-0.2, -0.15) is 0 Å². The van der Waals surface area contributed by atoms with Crippen LogP contribution in [0.4, 0.5) is 0 Å². The van der Waals surface area contributed by atoms with Crippen LogP contribution >= 0.6 is 0 Å². The molecule has 1 N–H and O–H groups in total. The van der Waals surface area contributed by atoms with Crippen LogP contribution in [-0.2, 0) is 6.54 Å². The van der Waals surface area contributed by atoms with E-state index in [9.17, 15) is 5.11 Å². The van der Waals surface area contributed by atoms with Crippen LogP contribution < -0.4 is 0 Å². The van der Waals surface area contributed by atoms with Crippen LogP contribution in [0.3, 0.4) is 0 Å². The SMILES string of the molecule is CC(O)[C@@H]1CCN(Cc2ccccc2)C1. The van der Waals surface area contributed by atoms with E-state index in [1.54, 1.807) is 0 Å². The number of likely N-dealkylation sites (tertiary alicyclic amines) is 1. The van der Waals surface area contributed by atoms with Crippen molar-refractivity contribution in [1.82, 2.24) is 4.90 Å². The maximum absolute atomic E-state index is 9.51. The Morgan fingerprint density at radius 1 is 1.40 bits per heavy atom. The largest absolute Gasteiger partial charge is 0.393 e. The van der Waals surface area contributed by atoms with E-state index < -0.39 is 0 Å². The van der Waals surface area contributed by atoms with Gasteiger partial charge >= 0.3 is 0 Å². The summed E-state index contributed by atoms with van der Waals surface area (Å²) in [4.78, 5) is 2.42. The molecule has 15 heavy (non-hydrogen) atoms. The summed E-state index contributed by atoms with van der Waals surface area (Å²) in [6.45, 7) is 5.07. The third-order valence-electron chi connectivity index (χ3n) is 3.24. The Hall–Kier alpha value is -0.860. The fourth-order valence-corrected chi connectivity index (χ4v) is 2.24. The molecule has 1 aliphatic heterocycles. The highest BCUT2D eigenvalue weighted by molar-refractivity contribution is 5.14. The molecule has 0 bridgehead atoms. The van der Waals surface area contributed by atoms with Crippen LogP contribution in [0.25, 0.3) is 0 Å². The van der Waals surface area contributed by atoms with Crippen LogP contribution in [-0.4, -0.2) is 29.2 Å². The van der Waals surface area contributed by atoms with E-state index in [0.29, 0.717) is 5.92 Å². The molecule has 0 amide bonds. The molecule has 82 valence electrons. The zero-order valence-electron chi connectivity index (χ0n) is 9.26. The molecule has 1 unspecified atom stereocenters. The fraction of sp³-hybridized carbons (Fsp3) is 0.538. The van der Waals surface area contributed by atoms with E-state index in [0.717, 1.165) is 26.1 Å². The first-order valence-electron chi connectivity index (χ1n) is 5.70. The molecule has 0 spiro atoms. The molecule has 2 rings (SSSR count). The first-order chi connectivity index (χ1) is 7.25. The third-order valence-corrected chi connectivity index (χ3v) is 3.24. The minimum atomic E-state index is -0.161. The Morgan fingerprint density at radius 2 is 2.13 bits per heavy atom. The van der Waals surface area contributed by atoms with E-state index in [1.807, 2.05) is 13.0 Å². The number of nitrogens with zero attached hydrogens (tertiary/aromatic N) is 1. The van der Waals surface area contributed by atoms with Crippen molar-refractivity contribution < 1.29 is 5.11 Å². The lowest BCUT2D eigenvalue weighted by Gasteiger charge is -2.17. The van der Waals surface area contributed by atoms with Gasteiger partial charge in [-0.05, 0) is 31.4 Å². The third kappa shape index (κ3) is 2.80. The van der Waals surface area contributed by atoms with Crippen LogP contribution in [0.15, 0.2) is 30.3 Å². The summed E-state index contributed by atoms with van der Waals surface area (Å²) in [5, 5.41) is 9.51. The Kier molecular flexibility index (Phi) is 3.39. The zero-order chi connectivity index (χ0) is 10.7. The highest BCUT2D eigenvalue weighted by Gasteiger charge is 2.25. The topological polar surface area (TPSA) is 23.5 Å². The van der Waals surface area contributed by atoms with Crippen LogP contribution in [0.5, 0.6) is 0 Å².